The van der Waals surface area contributed by atoms with Crippen molar-refractivity contribution in [3.05, 3.63) is 42.1 Å². The number of aromatic nitrogens is 1. The van der Waals surface area contributed by atoms with Gasteiger partial charge in [0, 0.05) is 24.2 Å². The zero-order chi connectivity index (χ0) is 16.4. The van der Waals surface area contributed by atoms with Crippen LogP contribution < -0.4 is 0 Å². The van der Waals surface area contributed by atoms with Crippen LogP contribution in [-0.2, 0) is 21.1 Å². The van der Waals surface area contributed by atoms with Crippen molar-refractivity contribution in [1.82, 2.24) is 10.1 Å². The summed E-state index contributed by atoms with van der Waals surface area (Å²) in [4.78, 5) is 14.0. The second-order valence-electron chi connectivity index (χ2n) is 5.78. The average molecular weight is 334 g/mol. The van der Waals surface area contributed by atoms with Crippen LogP contribution >= 0.6 is 0 Å². The summed E-state index contributed by atoms with van der Waals surface area (Å²) in [6.45, 7) is 2.00. The summed E-state index contributed by atoms with van der Waals surface area (Å²) in [7, 11) is -3.03. The van der Waals surface area contributed by atoms with Gasteiger partial charge in [0.15, 0.2) is 15.6 Å². The minimum Gasteiger partial charge on any atom is -0.356 e. The number of benzene rings is 1. The Morgan fingerprint density at radius 1 is 1.35 bits per heavy atom. The minimum absolute atomic E-state index is 0.0207. The standard InChI is InChI=1S/C16H18N2O4S/c1-12-11-23(20,21)8-7-18(12)16(19)10-14-9-15(22-17-14)13-5-3-2-4-6-13/h2-6,9,12H,7-8,10-11H2,1H3/t12-/m1/s1. The molecular formula is C16H18N2O4S. The molecule has 122 valence electrons. The quantitative estimate of drug-likeness (QED) is 0.850. The maximum absolute atomic E-state index is 12.4. The molecule has 0 spiro atoms. The fourth-order valence-corrected chi connectivity index (χ4v) is 4.32. The van der Waals surface area contributed by atoms with E-state index < -0.39 is 9.84 Å². The number of carbonyl (C=O) groups excluding carboxylic acids is 1. The van der Waals surface area contributed by atoms with Gasteiger partial charge in [0.1, 0.15) is 0 Å². The molecule has 0 radical (unpaired) electrons. The lowest BCUT2D eigenvalue weighted by Gasteiger charge is -2.33. The minimum atomic E-state index is -3.03. The van der Waals surface area contributed by atoms with Crippen molar-refractivity contribution in [2.45, 2.75) is 19.4 Å². The van der Waals surface area contributed by atoms with Crippen LogP contribution in [-0.4, -0.2) is 48.5 Å². The van der Waals surface area contributed by atoms with E-state index >= 15 is 0 Å². The maximum Gasteiger partial charge on any atom is 0.229 e. The summed E-state index contributed by atoms with van der Waals surface area (Å²) in [5.41, 5.74) is 1.45. The fraction of sp³-hybridized carbons (Fsp3) is 0.375. The van der Waals surface area contributed by atoms with E-state index in [9.17, 15) is 13.2 Å². The highest BCUT2D eigenvalue weighted by atomic mass is 32.2. The number of nitrogens with zero attached hydrogens (tertiary/aromatic N) is 2. The van der Waals surface area contributed by atoms with Crippen LogP contribution in [0.4, 0.5) is 0 Å². The monoisotopic (exact) mass is 334 g/mol. The van der Waals surface area contributed by atoms with E-state index in [0.29, 0.717) is 11.5 Å². The predicted octanol–water partition coefficient (Wildman–Crippen LogP) is 1.53. The first-order valence-electron chi connectivity index (χ1n) is 7.45. The first-order chi connectivity index (χ1) is 10.9. The highest BCUT2D eigenvalue weighted by Crippen LogP contribution is 2.21. The molecule has 6 nitrogen and oxygen atoms in total. The van der Waals surface area contributed by atoms with Crippen molar-refractivity contribution in [3.8, 4) is 11.3 Å². The highest BCUT2D eigenvalue weighted by molar-refractivity contribution is 7.91. The van der Waals surface area contributed by atoms with Crippen molar-refractivity contribution in [2.75, 3.05) is 18.1 Å². The summed E-state index contributed by atoms with van der Waals surface area (Å²) in [5, 5.41) is 3.94. The highest BCUT2D eigenvalue weighted by Gasteiger charge is 2.31. The summed E-state index contributed by atoms with van der Waals surface area (Å²) in [5.74, 6) is 0.534. The van der Waals surface area contributed by atoms with E-state index in [0.717, 1.165) is 5.56 Å². The molecule has 0 aliphatic carbocycles. The molecule has 0 N–H and O–H groups in total. The largest absolute Gasteiger partial charge is 0.356 e. The van der Waals surface area contributed by atoms with Gasteiger partial charge < -0.3 is 9.42 Å². The maximum atomic E-state index is 12.4. The first-order valence-corrected chi connectivity index (χ1v) is 9.28. The molecule has 0 unspecified atom stereocenters. The van der Waals surface area contributed by atoms with Crippen molar-refractivity contribution in [2.24, 2.45) is 0 Å². The molecular weight excluding hydrogens is 316 g/mol. The Morgan fingerprint density at radius 3 is 2.78 bits per heavy atom. The fourth-order valence-electron chi connectivity index (χ4n) is 2.76. The van der Waals surface area contributed by atoms with Crippen molar-refractivity contribution in [1.29, 1.82) is 0 Å². The lowest BCUT2D eigenvalue weighted by atomic mass is 10.1. The molecule has 0 saturated carbocycles. The third kappa shape index (κ3) is 3.61. The second kappa shape index (κ2) is 6.16. The molecule has 2 heterocycles. The van der Waals surface area contributed by atoms with E-state index in [2.05, 4.69) is 5.16 Å². The van der Waals surface area contributed by atoms with E-state index in [-0.39, 0.29) is 36.4 Å². The van der Waals surface area contributed by atoms with E-state index in [1.807, 2.05) is 30.3 Å². The predicted molar refractivity (Wildman–Crippen MR) is 85.5 cm³/mol. The van der Waals surface area contributed by atoms with Crippen LogP contribution in [0, 0.1) is 0 Å². The van der Waals surface area contributed by atoms with Gasteiger partial charge >= 0.3 is 0 Å². The van der Waals surface area contributed by atoms with Crippen LogP contribution in [0.1, 0.15) is 12.6 Å². The van der Waals surface area contributed by atoms with Crippen LogP contribution in [0.3, 0.4) is 0 Å². The molecule has 1 aliphatic heterocycles. The molecule has 7 heteroatoms. The van der Waals surface area contributed by atoms with Gasteiger partial charge in [-0.1, -0.05) is 35.5 Å². The molecule has 1 atom stereocenters. The van der Waals surface area contributed by atoms with Gasteiger partial charge in [0.25, 0.3) is 0 Å². The Balaban J connectivity index is 1.68. The second-order valence-corrected chi connectivity index (χ2v) is 8.00. The van der Waals surface area contributed by atoms with E-state index in [1.54, 1.807) is 17.9 Å². The molecule has 3 rings (SSSR count). The average Bonchev–Trinajstić information content (AvgIpc) is 2.95. The van der Waals surface area contributed by atoms with Gasteiger partial charge in [0.05, 0.1) is 23.6 Å². The van der Waals surface area contributed by atoms with Crippen LogP contribution in [0.25, 0.3) is 11.3 Å². The Kier molecular flexibility index (Phi) is 4.21. The molecule has 2 aromatic rings. The molecule has 1 aromatic heterocycles. The lowest BCUT2D eigenvalue weighted by Crippen LogP contribution is -2.50. The Morgan fingerprint density at radius 2 is 2.09 bits per heavy atom. The topological polar surface area (TPSA) is 80.5 Å². The molecule has 23 heavy (non-hydrogen) atoms. The summed E-state index contributed by atoms with van der Waals surface area (Å²) in [6.07, 6.45) is 0.112. The molecule has 1 amide bonds. The molecule has 0 bridgehead atoms. The molecule has 1 fully saturated rings. The van der Waals surface area contributed by atoms with E-state index in [4.69, 9.17) is 4.52 Å². The van der Waals surface area contributed by atoms with Gasteiger partial charge in [-0.3, -0.25) is 4.79 Å². The van der Waals surface area contributed by atoms with Gasteiger partial charge in [0.2, 0.25) is 5.91 Å². The normalized spacial score (nSPS) is 20.4. The van der Waals surface area contributed by atoms with Crippen molar-refractivity contribution in [3.63, 3.8) is 0 Å². The van der Waals surface area contributed by atoms with Gasteiger partial charge in [-0.15, -0.1) is 0 Å². The lowest BCUT2D eigenvalue weighted by molar-refractivity contribution is -0.132. The van der Waals surface area contributed by atoms with Crippen molar-refractivity contribution < 1.29 is 17.7 Å². The number of hydrogen-bond acceptors (Lipinski definition) is 5. The summed E-state index contributed by atoms with van der Waals surface area (Å²) >= 11 is 0. The molecule has 1 aliphatic rings. The van der Waals surface area contributed by atoms with Crippen LogP contribution in [0.5, 0.6) is 0 Å². The number of carbonyl (C=O) groups is 1. The Labute approximate surface area is 135 Å². The number of rotatable bonds is 3. The van der Waals surface area contributed by atoms with Crippen molar-refractivity contribution >= 4 is 15.7 Å². The van der Waals surface area contributed by atoms with Gasteiger partial charge in [-0.25, -0.2) is 8.42 Å². The first kappa shape index (κ1) is 15.7. The van der Waals surface area contributed by atoms with Gasteiger partial charge in [-0.05, 0) is 6.92 Å². The van der Waals surface area contributed by atoms with Gasteiger partial charge in [-0.2, -0.15) is 0 Å². The summed E-state index contributed by atoms with van der Waals surface area (Å²) < 4.78 is 28.4. The third-order valence-corrected chi connectivity index (χ3v) is 5.74. The zero-order valence-corrected chi connectivity index (χ0v) is 13.6. The van der Waals surface area contributed by atoms with E-state index in [1.165, 1.54) is 0 Å². The third-order valence-electron chi connectivity index (χ3n) is 3.94. The smallest absolute Gasteiger partial charge is 0.229 e. The number of sulfone groups is 1. The zero-order valence-electron chi connectivity index (χ0n) is 12.8. The molecule has 1 aromatic carbocycles. The Hall–Kier alpha value is -2.15. The number of hydrogen-bond donors (Lipinski definition) is 0. The van der Waals surface area contributed by atoms with Crippen LogP contribution in [0.2, 0.25) is 0 Å². The van der Waals surface area contributed by atoms with Crippen LogP contribution in [0.15, 0.2) is 40.9 Å². The SMILES string of the molecule is C[C@@H]1CS(=O)(=O)CCN1C(=O)Cc1cc(-c2ccccc2)on1. The number of amides is 1. The summed E-state index contributed by atoms with van der Waals surface area (Å²) in [6, 6.07) is 11.0. The molecule has 1 saturated heterocycles. The Bertz CT molecular complexity index is 798.